The van der Waals surface area contributed by atoms with E-state index in [0.29, 0.717) is 11.6 Å². The average molecular weight is 299 g/mol. The number of hydrogen-bond acceptors (Lipinski definition) is 2. The lowest BCUT2D eigenvalue weighted by atomic mass is 10.1. The van der Waals surface area contributed by atoms with E-state index in [-0.39, 0.29) is 18.6 Å². The number of urea groups is 1. The maximum Gasteiger partial charge on any atom is 0.323 e. The van der Waals surface area contributed by atoms with Crippen molar-refractivity contribution in [1.29, 1.82) is 0 Å². The minimum atomic E-state index is -1.03. The minimum absolute atomic E-state index is 0.237. The van der Waals surface area contributed by atoms with Crippen LogP contribution in [0.1, 0.15) is 25.5 Å². The number of amides is 2. The first kappa shape index (κ1) is 16.3. The number of hydrogen-bond donors (Lipinski definition) is 1. The van der Waals surface area contributed by atoms with Gasteiger partial charge in [-0.25, -0.2) is 4.79 Å². The van der Waals surface area contributed by atoms with Crippen molar-refractivity contribution >= 4 is 23.6 Å². The first-order chi connectivity index (χ1) is 9.38. The van der Waals surface area contributed by atoms with Crippen LogP contribution in [0.3, 0.4) is 0 Å². The SMILES string of the molecule is CCN(CC(=O)O)C(=O)N(C)C(C)c1ccccc1Cl. The fourth-order valence-corrected chi connectivity index (χ4v) is 2.18. The Morgan fingerprint density at radius 2 is 1.95 bits per heavy atom. The van der Waals surface area contributed by atoms with E-state index in [1.807, 2.05) is 25.1 Å². The lowest BCUT2D eigenvalue weighted by Gasteiger charge is -2.31. The molecule has 0 bridgehead atoms. The average Bonchev–Trinajstić information content (AvgIpc) is 2.42. The van der Waals surface area contributed by atoms with Crippen LogP contribution >= 0.6 is 11.6 Å². The summed E-state index contributed by atoms with van der Waals surface area (Å²) in [5.41, 5.74) is 0.830. The molecular weight excluding hydrogens is 280 g/mol. The molecule has 0 heterocycles. The third-order valence-electron chi connectivity index (χ3n) is 3.22. The largest absolute Gasteiger partial charge is 0.480 e. The molecule has 1 aromatic rings. The van der Waals surface area contributed by atoms with Crippen LogP contribution in [0.25, 0.3) is 0 Å². The van der Waals surface area contributed by atoms with E-state index in [4.69, 9.17) is 16.7 Å². The molecule has 1 rings (SSSR count). The summed E-state index contributed by atoms with van der Waals surface area (Å²) in [4.78, 5) is 25.8. The van der Waals surface area contributed by atoms with Gasteiger partial charge < -0.3 is 14.9 Å². The van der Waals surface area contributed by atoms with Gasteiger partial charge >= 0.3 is 12.0 Å². The highest BCUT2D eigenvalue weighted by atomic mass is 35.5. The van der Waals surface area contributed by atoms with Crippen LogP contribution in [0.2, 0.25) is 5.02 Å². The third-order valence-corrected chi connectivity index (χ3v) is 3.56. The molecule has 5 nitrogen and oxygen atoms in total. The van der Waals surface area contributed by atoms with Crippen molar-refractivity contribution in [2.24, 2.45) is 0 Å². The van der Waals surface area contributed by atoms with Gasteiger partial charge in [-0.3, -0.25) is 4.79 Å². The summed E-state index contributed by atoms with van der Waals surface area (Å²) in [6.45, 7) is 3.63. The Morgan fingerprint density at radius 3 is 2.45 bits per heavy atom. The summed E-state index contributed by atoms with van der Waals surface area (Å²) in [6.07, 6.45) is 0. The Kier molecular flexibility index (Phi) is 5.82. The summed E-state index contributed by atoms with van der Waals surface area (Å²) in [5.74, 6) is -1.03. The Balaban J connectivity index is 2.87. The van der Waals surface area contributed by atoms with E-state index in [9.17, 15) is 9.59 Å². The molecule has 0 radical (unpaired) electrons. The summed E-state index contributed by atoms with van der Waals surface area (Å²) < 4.78 is 0. The van der Waals surface area contributed by atoms with Crippen LogP contribution in [-0.4, -0.2) is 47.0 Å². The van der Waals surface area contributed by atoms with Gasteiger partial charge in [0.15, 0.2) is 0 Å². The van der Waals surface area contributed by atoms with Crippen molar-refractivity contribution < 1.29 is 14.7 Å². The van der Waals surface area contributed by atoms with Crippen LogP contribution in [-0.2, 0) is 4.79 Å². The zero-order valence-electron chi connectivity index (χ0n) is 11.8. The summed E-state index contributed by atoms with van der Waals surface area (Å²) in [5, 5.41) is 9.40. The molecule has 0 spiro atoms. The molecule has 0 saturated heterocycles. The molecular formula is C14H19ClN2O3. The summed E-state index contributed by atoms with van der Waals surface area (Å²) in [6, 6.07) is 6.72. The predicted molar refractivity (Wildman–Crippen MR) is 77.9 cm³/mol. The normalized spacial score (nSPS) is 11.8. The van der Waals surface area contributed by atoms with Gasteiger partial charge in [0.1, 0.15) is 6.54 Å². The van der Waals surface area contributed by atoms with Gasteiger partial charge in [-0.2, -0.15) is 0 Å². The lowest BCUT2D eigenvalue weighted by molar-refractivity contribution is -0.137. The number of rotatable bonds is 5. The fourth-order valence-electron chi connectivity index (χ4n) is 1.89. The van der Waals surface area contributed by atoms with Gasteiger partial charge in [0.05, 0.1) is 6.04 Å². The van der Waals surface area contributed by atoms with Gasteiger partial charge in [0.25, 0.3) is 0 Å². The van der Waals surface area contributed by atoms with E-state index in [0.717, 1.165) is 5.56 Å². The molecule has 1 aromatic carbocycles. The smallest absolute Gasteiger partial charge is 0.323 e. The van der Waals surface area contributed by atoms with Crippen LogP contribution in [0.4, 0.5) is 4.79 Å². The quantitative estimate of drug-likeness (QED) is 0.909. The van der Waals surface area contributed by atoms with Gasteiger partial charge in [0.2, 0.25) is 0 Å². The van der Waals surface area contributed by atoms with Crippen molar-refractivity contribution in [2.45, 2.75) is 19.9 Å². The van der Waals surface area contributed by atoms with Gasteiger partial charge in [-0.15, -0.1) is 0 Å². The van der Waals surface area contributed by atoms with Crippen LogP contribution in [0.5, 0.6) is 0 Å². The number of carboxylic acids is 1. The highest BCUT2D eigenvalue weighted by Gasteiger charge is 2.24. The summed E-state index contributed by atoms with van der Waals surface area (Å²) >= 11 is 6.12. The number of aliphatic carboxylic acids is 1. The zero-order valence-corrected chi connectivity index (χ0v) is 12.6. The Bertz CT molecular complexity index is 493. The number of carbonyl (C=O) groups excluding carboxylic acids is 1. The summed E-state index contributed by atoms with van der Waals surface area (Å²) in [7, 11) is 1.64. The second-order valence-corrected chi connectivity index (χ2v) is 4.91. The second kappa shape index (κ2) is 7.14. The van der Waals surface area contributed by atoms with Crippen LogP contribution in [0, 0.1) is 0 Å². The Morgan fingerprint density at radius 1 is 1.35 bits per heavy atom. The number of carbonyl (C=O) groups is 2. The zero-order chi connectivity index (χ0) is 15.3. The topological polar surface area (TPSA) is 60.9 Å². The molecule has 1 atom stereocenters. The van der Waals surface area contributed by atoms with Crippen molar-refractivity contribution in [3.05, 3.63) is 34.9 Å². The first-order valence-corrected chi connectivity index (χ1v) is 6.74. The minimum Gasteiger partial charge on any atom is -0.480 e. The van der Waals surface area contributed by atoms with Gasteiger partial charge in [-0.05, 0) is 25.5 Å². The molecule has 1 unspecified atom stereocenters. The highest BCUT2D eigenvalue weighted by Crippen LogP contribution is 2.26. The maximum absolute atomic E-state index is 12.3. The fraction of sp³-hybridized carbons (Fsp3) is 0.429. The van der Waals surface area contributed by atoms with Gasteiger partial charge in [0, 0.05) is 18.6 Å². The van der Waals surface area contributed by atoms with E-state index in [1.165, 1.54) is 9.80 Å². The maximum atomic E-state index is 12.3. The van der Waals surface area contributed by atoms with Crippen LogP contribution in [0.15, 0.2) is 24.3 Å². The van der Waals surface area contributed by atoms with Crippen molar-refractivity contribution in [1.82, 2.24) is 9.80 Å². The van der Waals surface area contributed by atoms with Gasteiger partial charge in [-0.1, -0.05) is 29.8 Å². The van der Waals surface area contributed by atoms with E-state index < -0.39 is 5.97 Å². The molecule has 20 heavy (non-hydrogen) atoms. The number of likely N-dealkylation sites (N-methyl/N-ethyl adjacent to an activating group) is 1. The predicted octanol–water partition coefficient (Wildman–Crippen LogP) is 2.86. The molecule has 1 N–H and O–H groups in total. The van der Waals surface area contributed by atoms with E-state index in [1.54, 1.807) is 20.0 Å². The molecule has 0 aliphatic rings. The molecule has 0 fully saturated rings. The first-order valence-electron chi connectivity index (χ1n) is 6.36. The molecule has 0 aromatic heterocycles. The molecule has 0 aliphatic heterocycles. The third kappa shape index (κ3) is 3.87. The monoisotopic (exact) mass is 298 g/mol. The van der Waals surface area contributed by atoms with Crippen molar-refractivity contribution in [2.75, 3.05) is 20.1 Å². The van der Waals surface area contributed by atoms with E-state index in [2.05, 4.69) is 0 Å². The number of nitrogens with zero attached hydrogens (tertiary/aromatic N) is 2. The molecule has 6 heteroatoms. The van der Waals surface area contributed by atoms with E-state index >= 15 is 0 Å². The second-order valence-electron chi connectivity index (χ2n) is 4.50. The number of carboxylic acid groups (broad SMARTS) is 1. The highest BCUT2D eigenvalue weighted by molar-refractivity contribution is 6.31. The Hall–Kier alpha value is -1.75. The number of benzene rings is 1. The standard InChI is InChI=1S/C14H19ClN2O3/c1-4-17(9-13(18)19)14(20)16(3)10(2)11-7-5-6-8-12(11)15/h5-8,10H,4,9H2,1-3H3,(H,18,19). The Labute approximate surface area is 123 Å². The molecule has 2 amide bonds. The molecule has 0 saturated carbocycles. The van der Waals surface area contributed by atoms with Crippen LogP contribution < -0.4 is 0 Å². The molecule has 110 valence electrons. The molecule has 0 aliphatic carbocycles. The van der Waals surface area contributed by atoms with Crippen molar-refractivity contribution in [3.8, 4) is 0 Å². The lowest BCUT2D eigenvalue weighted by Crippen LogP contribution is -2.44. The van der Waals surface area contributed by atoms with Crippen molar-refractivity contribution in [3.63, 3.8) is 0 Å². The number of halogens is 1.